The molecule has 0 radical (unpaired) electrons. The number of nitrogens with zero attached hydrogens (tertiary/aromatic N) is 1. The Morgan fingerprint density at radius 2 is 1.91 bits per heavy atom. The number of aromatic nitrogens is 2. The van der Waals surface area contributed by atoms with Crippen molar-refractivity contribution in [2.45, 2.75) is 31.3 Å². The summed E-state index contributed by atoms with van der Waals surface area (Å²) in [5, 5.41) is 11.0. The Bertz CT molecular complexity index is 1310. The van der Waals surface area contributed by atoms with Gasteiger partial charge in [-0.25, -0.2) is 18.5 Å². The van der Waals surface area contributed by atoms with E-state index in [4.69, 9.17) is 20.3 Å². The minimum absolute atomic E-state index is 0.0700. The van der Waals surface area contributed by atoms with E-state index in [-0.39, 0.29) is 24.1 Å². The van der Waals surface area contributed by atoms with Gasteiger partial charge in [-0.3, -0.25) is 18.9 Å². The Balaban J connectivity index is 2.28. The van der Waals surface area contributed by atoms with Crippen LogP contribution < -0.4 is 17.0 Å². The third kappa shape index (κ3) is 7.88. The predicted molar refractivity (Wildman–Crippen MR) is 115 cm³/mol. The lowest BCUT2D eigenvalue weighted by molar-refractivity contribution is -0.0674. The molecule has 17 nitrogen and oxygen atoms in total. The molecule has 0 bridgehead atoms. The molecule has 0 amide bonds. The largest absolute Gasteiger partial charge is 0.490 e. The minimum Gasteiger partial charge on any atom is -0.383 e. The van der Waals surface area contributed by atoms with E-state index >= 15 is 0 Å². The molecule has 196 valence electrons. The minimum atomic E-state index is -5.76. The smallest absolute Gasteiger partial charge is 0.383 e. The molecule has 2 rings (SSSR count). The van der Waals surface area contributed by atoms with E-state index in [0.717, 1.165) is 10.8 Å². The summed E-state index contributed by atoms with van der Waals surface area (Å²) in [5.74, 6) is 4.90. The van der Waals surface area contributed by atoms with E-state index in [1.807, 2.05) is 4.98 Å². The van der Waals surface area contributed by atoms with Gasteiger partial charge in [-0.15, -0.1) is 0 Å². The van der Waals surface area contributed by atoms with E-state index in [9.17, 15) is 38.2 Å². The van der Waals surface area contributed by atoms with Gasteiger partial charge in [-0.1, -0.05) is 18.4 Å². The maximum absolute atomic E-state index is 12.3. The lowest BCUT2D eigenvalue weighted by atomic mass is 9.88. The summed E-state index contributed by atoms with van der Waals surface area (Å²) >= 11 is 0. The fourth-order valence-corrected chi connectivity index (χ4v) is 5.96. The van der Waals surface area contributed by atoms with Crippen molar-refractivity contribution in [2.75, 3.05) is 13.2 Å². The fourth-order valence-electron chi connectivity index (χ4n) is 2.94. The molecule has 35 heavy (non-hydrogen) atoms. The summed E-state index contributed by atoms with van der Waals surface area (Å²) < 4.78 is 52.4. The third-order valence-corrected chi connectivity index (χ3v) is 8.29. The van der Waals surface area contributed by atoms with Crippen molar-refractivity contribution in [1.82, 2.24) is 9.55 Å². The zero-order valence-corrected chi connectivity index (χ0v) is 20.5. The van der Waals surface area contributed by atoms with Gasteiger partial charge in [0, 0.05) is 12.6 Å². The number of nitrogens with one attached hydrogen (secondary N) is 1. The number of hydrogen-bond acceptors (Lipinski definition) is 11. The van der Waals surface area contributed by atoms with Crippen LogP contribution in [0.3, 0.4) is 0 Å². The molecular formula is C15H22N3O14P3. The van der Waals surface area contributed by atoms with E-state index in [1.165, 1.54) is 6.92 Å². The van der Waals surface area contributed by atoms with Crippen molar-refractivity contribution in [1.29, 1.82) is 0 Å². The number of phosphoric ester groups is 1. The molecule has 0 aliphatic carbocycles. The molecule has 1 aromatic heterocycles. The first kappa shape index (κ1) is 29.5. The summed E-state index contributed by atoms with van der Waals surface area (Å²) in [6, 6.07) is 0. The summed E-state index contributed by atoms with van der Waals surface area (Å²) in [5.41, 5.74) is 1.48. The molecule has 0 aromatic carbocycles. The molecule has 1 aliphatic heterocycles. The summed E-state index contributed by atoms with van der Waals surface area (Å²) in [7, 11) is -16.9. The van der Waals surface area contributed by atoms with Gasteiger partial charge in [0.1, 0.15) is 23.5 Å². The molecule has 1 saturated heterocycles. The van der Waals surface area contributed by atoms with Crippen molar-refractivity contribution >= 4 is 23.5 Å². The normalized spacial score (nSPS) is 25.8. The van der Waals surface area contributed by atoms with Crippen molar-refractivity contribution in [3.05, 3.63) is 44.8 Å². The second kappa shape index (κ2) is 10.7. The van der Waals surface area contributed by atoms with Gasteiger partial charge < -0.3 is 35.2 Å². The highest BCUT2D eigenvalue weighted by atomic mass is 31.3. The number of aliphatic hydroxyl groups is 1. The Labute approximate surface area is 196 Å². The first-order valence-electron chi connectivity index (χ1n) is 9.26. The van der Waals surface area contributed by atoms with Crippen LogP contribution >= 0.6 is 23.5 Å². The Morgan fingerprint density at radius 3 is 2.46 bits per heavy atom. The Kier molecular flexibility index (Phi) is 9.03. The zero-order chi connectivity index (χ0) is 26.8. The summed E-state index contributed by atoms with van der Waals surface area (Å²) in [6.45, 7) is 3.91. The van der Waals surface area contributed by atoms with Gasteiger partial charge in [0.05, 0.1) is 13.2 Å². The molecule has 1 aliphatic rings. The molecule has 8 N–H and O–H groups in total. The van der Waals surface area contributed by atoms with E-state index in [0.29, 0.717) is 0 Å². The van der Waals surface area contributed by atoms with Crippen LogP contribution in [-0.2, 0) is 31.6 Å². The maximum Gasteiger partial charge on any atom is 0.490 e. The number of rotatable bonds is 9. The van der Waals surface area contributed by atoms with Crippen molar-refractivity contribution in [3.63, 3.8) is 0 Å². The maximum atomic E-state index is 12.3. The highest BCUT2D eigenvalue weighted by molar-refractivity contribution is 7.66. The number of ether oxygens (including phenoxy) is 1. The third-order valence-electron chi connectivity index (χ3n) is 4.49. The molecule has 2 heterocycles. The van der Waals surface area contributed by atoms with Gasteiger partial charge in [0.25, 0.3) is 5.56 Å². The molecule has 0 spiro atoms. The summed E-state index contributed by atoms with van der Waals surface area (Å²) in [6.07, 6.45) is -2.10. The monoisotopic (exact) mass is 561 g/mol. The Morgan fingerprint density at radius 1 is 1.29 bits per heavy atom. The molecular weight excluding hydrogens is 539 g/mol. The Hall–Kier alpha value is -1.73. The average molecular weight is 561 g/mol. The van der Waals surface area contributed by atoms with E-state index in [1.54, 1.807) is 0 Å². The molecule has 2 unspecified atom stereocenters. The van der Waals surface area contributed by atoms with Gasteiger partial charge in [0.15, 0.2) is 0 Å². The predicted octanol–water partition coefficient (Wildman–Crippen LogP) is -1.22. The van der Waals surface area contributed by atoms with E-state index < -0.39 is 59.3 Å². The number of nitrogens with two attached hydrogens (primary N) is 1. The average Bonchev–Trinajstić information content (AvgIpc) is 3.01. The van der Waals surface area contributed by atoms with Crippen LogP contribution in [-0.4, -0.2) is 59.1 Å². The highest BCUT2D eigenvalue weighted by Crippen LogP contribution is 2.66. The second-order valence-corrected chi connectivity index (χ2v) is 11.5. The van der Waals surface area contributed by atoms with Gasteiger partial charge in [-0.2, -0.15) is 8.62 Å². The van der Waals surface area contributed by atoms with Gasteiger partial charge >= 0.3 is 29.2 Å². The van der Waals surface area contributed by atoms with Crippen LogP contribution in [0.5, 0.6) is 0 Å². The van der Waals surface area contributed by atoms with Crippen LogP contribution in [0.2, 0.25) is 0 Å². The first-order chi connectivity index (χ1) is 15.9. The topological polar surface area (TPSA) is 270 Å². The van der Waals surface area contributed by atoms with Crippen molar-refractivity contribution in [3.8, 4) is 11.8 Å². The lowest BCUT2D eigenvalue weighted by Gasteiger charge is -2.28. The summed E-state index contributed by atoms with van der Waals surface area (Å²) in [4.78, 5) is 62.3. The molecule has 20 heteroatoms. The zero-order valence-electron chi connectivity index (χ0n) is 17.8. The number of hydrogen-bond donors (Lipinski definition) is 7. The molecule has 5 atom stereocenters. The fraction of sp³-hybridized carbons (Fsp3) is 0.467. The molecule has 0 saturated carbocycles. The van der Waals surface area contributed by atoms with Crippen LogP contribution in [0.4, 0.5) is 0 Å². The standard InChI is InChI=1S/C15H22N3O14P3/c1-9(2)15(21)6-12(18-7-10(4-3-5-16)13(19)17-14(18)20)30-11(15)8-29-34(25,26)32-35(27,28)31-33(22,23)24/h7,11-12,21H,1,5-6,8,16H2,2H3,(H,25,26)(H,27,28)(H,17,19,20)(H2,22,23,24)/t11-,12-,15-/m1/s1. The quantitative estimate of drug-likeness (QED) is 0.106. The number of aromatic amines is 1. The van der Waals surface area contributed by atoms with Gasteiger partial charge in [-0.05, 0) is 12.5 Å². The highest BCUT2D eigenvalue weighted by Gasteiger charge is 2.50. The molecule has 1 fully saturated rings. The molecule has 1 aromatic rings. The van der Waals surface area contributed by atoms with Crippen LogP contribution in [0.1, 0.15) is 25.1 Å². The van der Waals surface area contributed by atoms with Crippen LogP contribution in [0.15, 0.2) is 27.9 Å². The van der Waals surface area contributed by atoms with E-state index in [2.05, 4.69) is 31.6 Å². The van der Waals surface area contributed by atoms with Crippen LogP contribution in [0, 0.1) is 11.8 Å². The van der Waals surface area contributed by atoms with Crippen molar-refractivity contribution in [2.24, 2.45) is 5.73 Å². The first-order valence-corrected chi connectivity index (χ1v) is 13.8. The second-order valence-electron chi connectivity index (χ2n) is 7.09. The number of H-pyrrole nitrogens is 1. The van der Waals surface area contributed by atoms with Gasteiger partial charge in [0.2, 0.25) is 0 Å². The lowest BCUT2D eigenvalue weighted by Crippen LogP contribution is -2.41. The van der Waals surface area contributed by atoms with Crippen molar-refractivity contribution < 1.29 is 56.3 Å². The van der Waals surface area contributed by atoms with Crippen LogP contribution in [0.25, 0.3) is 0 Å². The SMILES string of the molecule is C=C(C)[C@]1(O)C[C@H](n2cc(C#CCN)c(=O)[nH]c2=O)O[C@@H]1COP(=O)(O)OP(=O)(O)OP(=O)(O)O. The number of phosphoric acid groups is 3.